The summed E-state index contributed by atoms with van der Waals surface area (Å²) in [5.74, 6) is 1.35. The zero-order chi connectivity index (χ0) is 17.4. The lowest BCUT2D eigenvalue weighted by atomic mass is 10.1. The highest BCUT2D eigenvalue weighted by Gasteiger charge is 2.22. The summed E-state index contributed by atoms with van der Waals surface area (Å²) in [5, 5.41) is 0. The number of fused-ring (bicyclic) bond motifs is 1. The van der Waals surface area contributed by atoms with Crippen LogP contribution in [0, 0.1) is 6.92 Å². The normalized spacial score (nSPS) is 13.6. The molecule has 25 heavy (non-hydrogen) atoms. The molecule has 3 aromatic rings. The Morgan fingerprint density at radius 2 is 2.08 bits per heavy atom. The predicted molar refractivity (Wildman–Crippen MR) is 92.4 cm³/mol. The van der Waals surface area contributed by atoms with Crippen LogP contribution in [0.3, 0.4) is 0 Å². The number of rotatable bonds is 2. The summed E-state index contributed by atoms with van der Waals surface area (Å²) >= 11 is 0. The van der Waals surface area contributed by atoms with Crippen molar-refractivity contribution in [3.63, 3.8) is 0 Å². The highest BCUT2D eigenvalue weighted by Crippen LogP contribution is 2.23. The van der Waals surface area contributed by atoms with E-state index in [4.69, 9.17) is 0 Å². The van der Waals surface area contributed by atoms with Crippen LogP contribution in [0.15, 0.2) is 40.2 Å². The van der Waals surface area contributed by atoms with Crippen LogP contribution < -0.4 is 16.1 Å². The van der Waals surface area contributed by atoms with Crippen LogP contribution in [0.25, 0.3) is 11.4 Å². The second kappa shape index (κ2) is 5.97. The molecule has 8 heteroatoms. The maximum Gasteiger partial charge on any atom is 0.325 e. The molecule has 0 fully saturated rings. The molecule has 0 atom stereocenters. The minimum atomic E-state index is -0.464. The standard InChI is InChI=1S/C17H16N6O2/c1-10-7-14(21-15(19-10)11-3-2-5-18-8-11)23-6-4-13-12(9-23)16(24)22-17(25)20-13/h2-3,5,7-8H,4,6,9H2,1H3,(H2,20,22,24,25). The van der Waals surface area contributed by atoms with Gasteiger partial charge in [-0.25, -0.2) is 14.8 Å². The molecule has 0 saturated heterocycles. The Bertz CT molecular complexity index is 1040. The van der Waals surface area contributed by atoms with Crippen molar-refractivity contribution >= 4 is 5.82 Å². The van der Waals surface area contributed by atoms with Crippen molar-refractivity contribution in [3.05, 3.63) is 68.4 Å². The van der Waals surface area contributed by atoms with Gasteiger partial charge >= 0.3 is 5.69 Å². The monoisotopic (exact) mass is 336 g/mol. The average Bonchev–Trinajstić information content (AvgIpc) is 2.61. The average molecular weight is 336 g/mol. The third-order valence-corrected chi connectivity index (χ3v) is 4.19. The van der Waals surface area contributed by atoms with Gasteiger partial charge in [-0.15, -0.1) is 0 Å². The molecule has 0 bridgehead atoms. The van der Waals surface area contributed by atoms with Crippen molar-refractivity contribution in [3.8, 4) is 11.4 Å². The zero-order valence-electron chi connectivity index (χ0n) is 13.6. The van der Waals surface area contributed by atoms with Gasteiger partial charge in [0.2, 0.25) is 0 Å². The second-order valence-electron chi connectivity index (χ2n) is 5.97. The Morgan fingerprint density at radius 3 is 2.88 bits per heavy atom. The number of H-pyrrole nitrogens is 2. The van der Waals surface area contributed by atoms with E-state index >= 15 is 0 Å². The van der Waals surface area contributed by atoms with E-state index in [1.165, 1.54) is 0 Å². The summed E-state index contributed by atoms with van der Waals surface area (Å²) < 4.78 is 0. The molecule has 0 amide bonds. The Morgan fingerprint density at radius 1 is 1.20 bits per heavy atom. The molecule has 0 aromatic carbocycles. The summed E-state index contributed by atoms with van der Waals surface area (Å²) in [7, 11) is 0. The van der Waals surface area contributed by atoms with Crippen LogP contribution in [0.4, 0.5) is 5.82 Å². The van der Waals surface area contributed by atoms with Crippen molar-refractivity contribution in [2.45, 2.75) is 19.9 Å². The maximum absolute atomic E-state index is 12.1. The molecule has 3 aromatic heterocycles. The number of aromatic amines is 2. The van der Waals surface area contributed by atoms with E-state index in [2.05, 4.69) is 24.9 Å². The first-order valence-corrected chi connectivity index (χ1v) is 7.95. The largest absolute Gasteiger partial charge is 0.351 e. The Labute approximate surface area is 142 Å². The number of pyridine rings is 1. The van der Waals surface area contributed by atoms with E-state index in [0.29, 0.717) is 36.6 Å². The fourth-order valence-electron chi connectivity index (χ4n) is 2.99. The Balaban J connectivity index is 1.72. The molecule has 1 aliphatic rings. The summed E-state index contributed by atoms with van der Waals surface area (Å²) in [5.41, 5.74) is 2.14. The van der Waals surface area contributed by atoms with Crippen LogP contribution in [-0.4, -0.2) is 31.5 Å². The van der Waals surface area contributed by atoms with Gasteiger partial charge < -0.3 is 9.88 Å². The molecule has 0 aliphatic carbocycles. The lowest BCUT2D eigenvalue weighted by Gasteiger charge is -2.29. The van der Waals surface area contributed by atoms with Gasteiger partial charge in [0.1, 0.15) is 5.82 Å². The van der Waals surface area contributed by atoms with Crippen molar-refractivity contribution in [1.82, 2.24) is 24.9 Å². The molecular formula is C17H16N6O2. The van der Waals surface area contributed by atoms with Gasteiger partial charge in [0, 0.05) is 48.4 Å². The van der Waals surface area contributed by atoms with Gasteiger partial charge in [-0.05, 0) is 19.1 Å². The number of anilines is 1. The van der Waals surface area contributed by atoms with Gasteiger partial charge in [0.05, 0.1) is 12.1 Å². The fraction of sp³-hybridized carbons (Fsp3) is 0.235. The number of nitrogens with one attached hydrogen (secondary N) is 2. The van der Waals surface area contributed by atoms with E-state index in [1.54, 1.807) is 12.4 Å². The van der Waals surface area contributed by atoms with E-state index < -0.39 is 5.69 Å². The first kappa shape index (κ1) is 15.3. The SMILES string of the molecule is Cc1cc(N2CCc3[nH]c(=O)[nH]c(=O)c3C2)nc(-c2cccnc2)n1. The molecular weight excluding hydrogens is 320 g/mol. The van der Waals surface area contributed by atoms with Crippen LogP contribution in [0.5, 0.6) is 0 Å². The fourth-order valence-corrected chi connectivity index (χ4v) is 2.99. The van der Waals surface area contributed by atoms with E-state index in [-0.39, 0.29) is 5.56 Å². The highest BCUT2D eigenvalue weighted by molar-refractivity contribution is 5.57. The number of nitrogens with zero attached hydrogens (tertiary/aromatic N) is 4. The molecule has 2 N–H and O–H groups in total. The third-order valence-electron chi connectivity index (χ3n) is 4.19. The van der Waals surface area contributed by atoms with Gasteiger partial charge in [-0.1, -0.05) is 0 Å². The summed E-state index contributed by atoms with van der Waals surface area (Å²) in [4.78, 5) is 43.7. The number of aromatic nitrogens is 5. The lowest BCUT2D eigenvalue weighted by molar-refractivity contribution is 0.682. The highest BCUT2D eigenvalue weighted by atomic mass is 16.2. The van der Waals surface area contributed by atoms with Crippen molar-refractivity contribution in [2.24, 2.45) is 0 Å². The first-order chi connectivity index (χ1) is 12.1. The Kier molecular flexibility index (Phi) is 3.64. The number of aryl methyl sites for hydroxylation is 1. The zero-order valence-corrected chi connectivity index (χ0v) is 13.6. The van der Waals surface area contributed by atoms with Crippen LogP contribution in [-0.2, 0) is 13.0 Å². The lowest BCUT2D eigenvalue weighted by Crippen LogP contribution is -2.39. The quantitative estimate of drug-likeness (QED) is 0.716. The molecule has 4 heterocycles. The molecule has 126 valence electrons. The molecule has 1 aliphatic heterocycles. The maximum atomic E-state index is 12.1. The number of hydrogen-bond acceptors (Lipinski definition) is 6. The smallest absolute Gasteiger partial charge is 0.325 e. The number of hydrogen-bond donors (Lipinski definition) is 2. The van der Waals surface area contributed by atoms with E-state index in [9.17, 15) is 9.59 Å². The van der Waals surface area contributed by atoms with Gasteiger partial charge in [0.15, 0.2) is 5.82 Å². The molecule has 0 saturated carbocycles. The second-order valence-corrected chi connectivity index (χ2v) is 5.97. The summed E-state index contributed by atoms with van der Waals surface area (Å²) in [6.07, 6.45) is 4.01. The predicted octanol–water partition coefficient (Wildman–Crippen LogP) is 0.786. The van der Waals surface area contributed by atoms with E-state index in [0.717, 1.165) is 17.1 Å². The van der Waals surface area contributed by atoms with Gasteiger partial charge in [-0.3, -0.25) is 14.8 Å². The van der Waals surface area contributed by atoms with Gasteiger partial charge in [-0.2, -0.15) is 0 Å². The Hall–Kier alpha value is -3.29. The van der Waals surface area contributed by atoms with E-state index in [1.807, 2.05) is 30.0 Å². The topological polar surface area (TPSA) is 108 Å². The third kappa shape index (κ3) is 2.93. The summed E-state index contributed by atoms with van der Waals surface area (Å²) in [6.45, 7) is 2.97. The van der Waals surface area contributed by atoms with Crippen LogP contribution >= 0.6 is 0 Å². The minimum absolute atomic E-state index is 0.346. The van der Waals surface area contributed by atoms with Crippen LogP contribution in [0.2, 0.25) is 0 Å². The van der Waals surface area contributed by atoms with Crippen molar-refractivity contribution in [1.29, 1.82) is 0 Å². The molecule has 0 spiro atoms. The van der Waals surface area contributed by atoms with Crippen molar-refractivity contribution in [2.75, 3.05) is 11.4 Å². The van der Waals surface area contributed by atoms with Crippen LogP contribution in [0.1, 0.15) is 17.0 Å². The molecule has 4 rings (SSSR count). The van der Waals surface area contributed by atoms with Gasteiger partial charge in [0.25, 0.3) is 5.56 Å². The minimum Gasteiger partial charge on any atom is -0.351 e. The summed E-state index contributed by atoms with van der Waals surface area (Å²) in [6, 6.07) is 5.64. The molecule has 8 nitrogen and oxygen atoms in total. The molecule has 0 radical (unpaired) electrons. The van der Waals surface area contributed by atoms with Crippen molar-refractivity contribution < 1.29 is 0 Å². The first-order valence-electron chi connectivity index (χ1n) is 7.95. The molecule has 0 unspecified atom stereocenters.